The van der Waals surface area contributed by atoms with Gasteiger partial charge in [0.25, 0.3) is 5.91 Å². The molecule has 0 spiro atoms. The zero-order chi connectivity index (χ0) is 18.6. The second-order valence-corrected chi connectivity index (χ2v) is 6.50. The molecule has 7 nitrogen and oxygen atoms in total. The predicted octanol–water partition coefficient (Wildman–Crippen LogP) is 2.08. The fourth-order valence-electron chi connectivity index (χ4n) is 3.24. The number of benzene rings is 2. The summed E-state index contributed by atoms with van der Waals surface area (Å²) in [5, 5.41) is 2.79. The third-order valence-corrected chi connectivity index (χ3v) is 4.70. The first-order chi connectivity index (χ1) is 13.2. The molecule has 0 atom stereocenters. The van der Waals surface area contributed by atoms with Crippen molar-refractivity contribution in [2.75, 3.05) is 33.0 Å². The largest absolute Gasteiger partial charge is 0.454 e. The van der Waals surface area contributed by atoms with Crippen LogP contribution in [0.5, 0.6) is 11.5 Å². The maximum Gasteiger partial charge on any atom is 0.317 e. The fourth-order valence-corrected chi connectivity index (χ4v) is 3.24. The van der Waals surface area contributed by atoms with Gasteiger partial charge in [-0.25, -0.2) is 4.79 Å². The Bertz CT molecular complexity index is 840. The van der Waals surface area contributed by atoms with Crippen LogP contribution in [0, 0.1) is 0 Å². The highest BCUT2D eigenvalue weighted by Gasteiger charge is 2.23. The molecule has 1 saturated heterocycles. The zero-order valence-corrected chi connectivity index (χ0v) is 14.9. The quantitative estimate of drug-likeness (QED) is 0.849. The predicted molar refractivity (Wildman–Crippen MR) is 98.7 cm³/mol. The third-order valence-electron chi connectivity index (χ3n) is 4.70. The minimum Gasteiger partial charge on any atom is -0.454 e. The topological polar surface area (TPSA) is 71.1 Å². The molecule has 0 saturated carbocycles. The molecule has 4 rings (SSSR count). The molecule has 1 fully saturated rings. The number of rotatable bonds is 6. The first-order valence-corrected chi connectivity index (χ1v) is 8.96. The molecule has 2 aliphatic rings. The van der Waals surface area contributed by atoms with Crippen LogP contribution in [0.25, 0.3) is 0 Å². The van der Waals surface area contributed by atoms with E-state index in [0.717, 1.165) is 5.56 Å². The van der Waals surface area contributed by atoms with E-state index in [1.807, 2.05) is 36.4 Å². The highest BCUT2D eigenvalue weighted by molar-refractivity contribution is 5.94. The van der Waals surface area contributed by atoms with Crippen molar-refractivity contribution >= 4 is 11.9 Å². The average molecular weight is 367 g/mol. The van der Waals surface area contributed by atoms with Gasteiger partial charge in [-0.05, 0) is 29.8 Å². The van der Waals surface area contributed by atoms with Gasteiger partial charge in [0, 0.05) is 38.3 Å². The Balaban J connectivity index is 1.51. The summed E-state index contributed by atoms with van der Waals surface area (Å²) < 4.78 is 10.8. The number of urea groups is 1. The molecule has 3 amide bonds. The minimum absolute atomic E-state index is 0.0622. The van der Waals surface area contributed by atoms with E-state index in [4.69, 9.17) is 9.47 Å². The first-order valence-electron chi connectivity index (χ1n) is 8.96. The second kappa shape index (κ2) is 7.57. The van der Waals surface area contributed by atoms with Gasteiger partial charge in [0.2, 0.25) is 6.79 Å². The third kappa shape index (κ3) is 3.81. The Hall–Kier alpha value is -3.22. The normalized spacial score (nSPS) is 15.0. The van der Waals surface area contributed by atoms with Crippen molar-refractivity contribution in [3.8, 4) is 11.5 Å². The van der Waals surface area contributed by atoms with Crippen LogP contribution < -0.4 is 14.8 Å². The average Bonchev–Trinajstić information content (AvgIpc) is 3.33. The van der Waals surface area contributed by atoms with Gasteiger partial charge in [-0.1, -0.05) is 24.3 Å². The smallest absolute Gasteiger partial charge is 0.317 e. The van der Waals surface area contributed by atoms with Crippen LogP contribution in [-0.4, -0.2) is 54.7 Å². The molecule has 2 aliphatic heterocycles. The summed E-state index contributed by atoms with van der Waals surface area (Å²) in [4.78, 5) is 28.3. The molecule has 140 valence electrons. The number of carbonyl (C=O) groups is 2. The summed E-state index contributed by atoms with van der Waals surface area (Å²) in [6.45, 7) is 2.91. The van der Waals surface area contributed by atoms with Crippen LogP contribution in [0.2, 0.25) is 0 Å². The molecular formula is C20H21N3O4. The van der Waals surface area contributed by atoms with E-state index in [2.05, 4.69) is 5.32 Å². The monoisotopic (exact) mass is 367 g/mol. The van der Waals surface area contributed by atoms with Gasteiger partial charge < -0.3 is 24.6 Å². The van der Waals surface area contributed by atoms with E-state index < -0.39 is 0 Å². The van der Waals surface area contributed by atoms with Crippen molar-refractivity contribution in [2.24, 2.45) is 0 Å². The van der Waals surface area contributed by atoms with Gasteiger partial charge >= 0.3 is 6.03 Å². The molecule has 0 radical (unpaired) electrons. The molecule has 7 heteroatoms. The molecule has 27 heavy (non-hydrogen) atoms. The Kier molecular flexibility index (Phi) is 4.82. The molecule has 1 N–H and O–H groups in total. The Morgan fingerprint density at radius 3 is 2.70 bits per heavy atom. The van der Waals surface area contributed by atoms with Gasteiger partial charge in [0.05, 0.1) is 0 Å². The summed E-state index contributed by atoms with van der Waals surface area (Å²) in [7, 11) is 0. The summed E-state index contributed by atoms with van der Waals surface area (Å²) in [6, 6.07) is 14.8. The number of amides is 3. The van der Waals surface area contributed by atoms with Crippen LogP contribution in [0.3, 0.4) is 0 Å². The van der Waals surface area contributed by atoms with Crippen LogP contribution in [0.1, 0.15) is 15.9 Å². The Morgan fingerprint density at radius 2 is 1.93 bits per heavy atom. The number of nitrogens with one attached hydrogen (secondary N) is 1. The van der Waals surface area contributed by atoms with Gasteiger partial charge in [0.1, 0.15) is 0 Å². The van der Waals surface area contributed by atoms with E-state index in [1.165, 1.54) is 0 Å². The van der Waals surface area contributed by atoms with Crippen LogP contribution in [0.4, 0.5) is 4.79 Å². The first kappa shape index (κ1) is 17.2. The highest BCUT2D eigenvalue weighted by Crippen LogP contribution is 2.32. The van der Waals surface area contributed by atoms with Crippen molar-refractivity contribution in [1.29, 1.82) is 0 Å². The summed E-state index contributed by atoms with van der Waals surface area (Å²) in [5.41, 5.74) is 1.58. The molecular weight excluding hydrogens is 346 g/mol. The summed E-state index contributed by atoms with van der Waals surface area (Å²) >= 11 is 0. The van der Waals surface area contributed by atoms with E-state index >= 15 is 0 Å². The van der Waals surface area contributed by atoms with Gasteiger partial charge in [-0.15, -0.1) is 0 Å². The number of hydrogen-bond donors (Lipinski definition) is 1. The molecule has 2 aromatic rings. The SMILES string of the molecule is O=C1NCCN1CCN(Cc1ccc2c(c1)OCO2)C(=O)c1ccccc1. The number of fused-ring (bicyclic) bond motifs is 1. The number of nitrogens with zero attached hydrogens (tertiary/aromatic N) is 2. The van der Waals surface area contributed by atoms with E-state index in [9.17, 15) is 9.59 Å². The van der Waals surface area contributed by atoms with E-state index in [0.29, 0.717) is 49.8 Å². The number of hydrogen-bond acceptors (Lipinski definition) is 4. The zero-order valence-electron chi connectivity index (χ0n) is 14.9. The van der Waals surface area contributed by atoms with Crippen LogP contribution in [0.15, 0.2) is 48.5 Å². The van der Waals surface area contributed by atoms with Crippen molar-refractivity contribution in [3.05, 3.63) is 59.7 Å². The molecule has 0 aromatic heterocycles. The number of ether oxygens (including phenoxy) is 2. The lowest BCUT2D eigenvalue weighted by atomic mass is 10.1. The molecule has 0 unspecified atom stereocenters. The van der Waals surface area contributed by atoms with Gasteiger partial charge in [0.15, 0.2) is 11.5 Å². The lowest BCUT2D eigenvalue weighted by Crippen LogP contribution is -2.39. The van der Waals surface area contributed by atoms with Gasteiger partial charge in [-0.3, -0.25) is 4.79 Å². The lowest BCUT2D eigenvalue weighted by Gasteiger charge is -2.25. The Labute approximate surface area is 157 Å². The molecule has 2 heterocycles. The van der Waals surface area contributed by atoms with Crippen molar-refractivity contribution in [2.45, 2.75) is 6.54 Å². The number of carbonyl (C=O) groups excluding carboxylic acids is 2. The minimum atomic E-state index is -0.0785. The van der Waals surface area contributed by atoms with E-state index in [1.54, 1.807) is 21.9 Å². The van der Waals surface area contributed by atoms with Crippen LogP contribution >= 0.6 is 0 Å². The van der Waals surface area contributed by atoms with Crippen molar-refractivity contribution in [3.63, 3.8) is 0 Å². The second-order valence-electron chi connectivity index (χ2n) is 6.50. The fraction of sp³-hybridized carbons (Fsp3) is 0.300. The lowest BCUT2D eigenvalue weighted by molar-refractivity contribution is 0.0731. The van der Waals surface area contributed by atoms with Crippen LogP contribution in [-0.2, 0) is 6.54 Å². The maximum atomic E-state index is 13.0. The van der Waals surface area contributed by atoms with Crippen molar-refractivity contribution < 1.29 is 19.1 Å². The molecule has 0 bridgehead atoms. The molecule has 0 aliphatic carbocycles. The maximum absolute atomic E-state index is 13.0. The van der Waals surface area contributed by atoms with Crippen molar-refractivity contribution in [1.82, 2.24) is 15.1 Å². The summed E-state index contributed by atoms with van der Waals surface area (Å²) in [5.74, 6) is 1.35. The standard InChI is InChI=1S/C20H21N3O4/c24-19(16-4-2-1-3-5-16)23(11-10-22-9-8-21-20(22)25)13-15-6-7-17-18(12-15)27-14-26-17/h1-7,12H,8-11,13-14H2,(H,21,25). The highest BCUT2D eigenvalue weighted by atomic mass is 16.7. The van der Waals surface area contributed by atoms with Gasteiger partial charge in [-0.2, -0.15) is 0 Å². The molecule has 2 aromatic carbocycles. The van der Waals surface area contributed by atoms with E-state index in [-0.39, 0.29) is 18.7 Å². The Morgan fingerprint density at radius 1 is 1.11 bits per heavy atom. The summed E-state index contributed by atoms with van der Waals surface area (Å²) in [6.07, 6.45) is 0.